The molecule has 1 aliphatic rings. The van der Waals surface area contributed by atoms with Gasteiger partial charge < -0.3 is 11.1 Å². The summed E-state index contributed by atoms with van der Waals surface area (Å²) in [4.78, 5) is 12.8. The Labute approximate surface area is 127 Å². The Morgan fingerprint density at radius 1 is 1.50 bits per heavy atom. The third kappa shape index (κ3) is 3.59. The molecule has 4 nitrogen and oxygen atoms in total. The monoisotopic (exact) mass is 309 g/mol. The average Bonchev–Trinajstić information content (AvgIpc) is 2.89. The van der Waals surface area contributed by atoms with Gasteiger partial charge in [-0.2, -0.15) is 5.26 Å². The number of thioether (sulfide) groups is 1. The van der Waals surface area contributed by atoms with Crippen molar-refractivity contribution >= 4 is 35.0 Å². The lowest BCUT2D eigenvalue weighted by atomic mass is 10.0. The summed E-state index contributed by atoms with van der Waals surface area (Å²) < 4.78 is 0. The number of halogens is 1. The Hall–Kier alpha value is -1.38. The third-order valence-electron chi connectivity index (χ3n) is 3.36. The number of hydrogen-bond acceptors (Lipinski definition) is 4. The Balaban J connectivity index is 1.92. The van der Waals surface area contributed by atoms with Crippen LogP contribution in [0.4, 0.5) is 5.69 Å². The van der Waals surface area contributed by atoms with Crippen LogP contribution in [0.15, 0.2) is 23.1 Å². The Morgan fingerprint density at radius 2 is 2.20 bits per heavy atom. The maximum atomic E-state index is 12.0. The minimum absolute atomic E-state index is 0.142. The number of carbonyl (C=O) groups is 1. The van der Waals surface area contributed by atoms with Crippen LogP contribution in [0.3, 0.4) is 0 Å². The van der Waals surface area contributed by atoms with Gasteiger partial charge in [0.25, 0.3) is 0 Å². The van der Waals surface area contributed by atoms with Crippen molar-refractivity contribution in [2.24, 2.45) is 0 Å². The molecular formula is C14H16ClN3OS. The van der Waals surface area contributed by atoms with E-state index >= 15 is 0 Å². The molecule has 1 amide bonds. The molecule has 0 atom stereocenters. The second-order valence-electron chi connectivity index (χ2n) is 4.93. The highest BCUT2D eigenvalue weighted by atomic mass is 35.5. The number of amides is 1. The van der Waals surface area contributed by atoms with Gasteiger partial charge in [-0.25, -0.2) is 0 Å². The van der Waals surface area contributed by atoms with Gasteiger partial charge in [0, 0.05) is 10.6 Å². The van der Waals surface area contributed by atoms with Crippen LogP contribution in [0, 0.1) is 11.3 Å². The van der Waals surface area contributed by atoms with E-state index in [0.717, 1.165) is 30.6 Å². The first kappa shape index (κ1) is 15.0. The molecule has 1 saturated carbocycles. The summed E-state index contributed by atoms with van der Waals surface area (Å²) in [5, 5.41) is 12.6. The fourth-order valence-electron chi connectivity index (χ4n) is 2.32. The van der Waals surface area contributed by atoms with E-state index in [1.807, 2.05) is 0 Å². The van der Waals surface area contributed by atoms with Crippen molar-refractivity contribution in [3.8, 4) is 6.07 Å². The molecule has 0 saturated heterocycles. The number of nitrogen functional groups attached to an aromatic ring is 1. The summed E-state index contributed by atoms with van der Waals surface area (Å²) >= 11 is 7.37. The molecule has 1 aliphatic carbocycles. The van der Waals surface area contributed by atoms with E-state index in [4.69, 9.17) is 17.3 Å². The number of nitrogens with two attached hydrogens (primary N) is 1. The van der Waals surface area contributed by atoms with Crippen molar-refractivity contribution in [3.05, 3.63) is 23.2 Å². The topological polar surface area (TPSA) is 78.9 Å². The lowest BCUT2D eigenvalue weighted by Crippen LogP contribution is -2.45. The van der Waals surface area contributed by atoms with Gasteiger partial charge in [0.15, 0.2) is 0 Å². The summed E-state index contributed by atoms with van der Waals surface area (Å²) in [6, 6.07) is 7.42. The van der Waals surface area contributed by atoms with E-state index in [0.29, 0.717) is 10.7 Å². The quantitative estimate of drug-likeness (QED) is 0.662. The highest BCUT2D eigenvalue weighted by Crippen LogP contribution is 2.31. The van der Waals surface area contributed by atoms with Gasteiger partial charge in [-0.15, -0.1) is 11.8 Å². The average molecular weight is 310 g/mol. The molecule has 1 aromatic rings. The fourth-order valence-corrected chi connectivity index (χ4v) is 3.39. The van der Waals surface area contributed by atoms with Gasteiger partial charge in [0.1, 0.15) is 5.54 Å². The van der Waals surface area contributed by atoms with Crippen LogP contribution in [0.5, 0.6) is 0 Å². The van der Waals surface area contributed by atoms with Crippen molar-refractivity contribution in [2.45, 2.75) is 36.1 Å². The predicted octanol–water partition coefficient (Wildman–Crippen LogP) is 2.97. The van der Waals surface area contributed by atoms with E-state index in [-0.39, 0.29) is 11.7 Å². The highest BCUT2D eigenvalue weighted by molar-refractivity contribution is 8.00. The second kappa shape index (κ2) is 6.38. The minimum atomic E-state index is -0.669. The first-order valence-electron chi connectivity index (χ1n) is 6.45. The zero-order valence-electron chi connectivity index (χ0n) is 11.0. The smallest absolute Gasteiger partial charge is 0.231 e. The number of nitrogens with zero attached hydrogens (tertiary/aromatic N) is 1. The van der Waals surface area contributed by atoms with Crippen molar-refractivity contribution < 1.29 is 4.79 Å². The maximum Gasteiger partial charge on any atom is 0.231 e. The van der Waals surface area contributed by atoms with Crippen molar-refractivity contribution in [3.63, 3.8) is 0 Å². The number of hydrogen-bond donors (Lipinski definition) is 2. The number of carbonyl (C=O) groups excluding carboxylic acids is 1. The molecule has 3 N–H and O–H groups in total. The van der Waals surface area contributed by atoms with Gasteiger partial charge in [-0.05, 0) is 43.9 Å². The summed E-state index contributed by atoms with van der Waals surface area (Å²) in [7, 11) is 0. The normalized spacial score (nSPS) is 16.6. The molecule has 0 spiro atoms. The minimum Gasteiger partial charge on any atom is -0.399 e. The van der Waals surface area contributed by atoms with E-state index < -0.39 is 5.54 Å². The van der Waals surface area contributed by atoms with Crippen LogP contribution >= 0.6 is 23.4 Å². The van der Waals surface area contributed by atoms with Crippen molar-refractivity contribution in [1.82, 2.24) is 5.32 Å². The summed E-state index contributed by atoms with van der Waals surface area (Å²) in [6.07, 6.45) is 3.45. The van der Waals surface area contributed by atoms with Gasteiger partial charge in [-0.3, -0.25) is 4.79 Å². The van der Waals surface area contributed by atoms with E-state index in [1.165, 1.54) is 11.8 Å². The molecule has 0 bridgehead atoms. The number of anilines is 1. The molecule has 0 heterocycles. The Kier molecular flexibility index (Phi) is 4.79. The molecule has 1 aromatic carbocycles. The summed E-state index contributed by atoms with van der Waals surface area (Å²) in [5.41, 5.74) is 5.64. The molecule has 0 radical (unpaired) electrons. The Bertz CT molecular complexity index is 550. The lowest BCUT2D eigenvalue weighted by Gasteiger charge is -2.21. The van der Waals surface area contributed by atoms with Crippen LogP contribution in [0.1, 0.15) is 25.7 Å². The van der Waals surface area contributed by atoms with Crippen LogP contribution in [-0.2, 0) is 4.79 Å². The first-order chi connectivity index (χ1) is 9.54. The Morgan fingerprint density at radius 3 is 2.85 bits per heavy atom. The number of rotatable bonds is 4. The first-order valence-corrected chi connectivity index (χ1v) is 7.81. The van der Waals surface area contributed by atoms with E-state index in [2.05, 4.69) is 11.4 Å². The van der Waals surface area contributed by atoms with Crippen molar-refractivity contribution in [2.75, 3.05) is 11.5 Å². The predicted molar refractivity (Wildman–Crippen MR) is 81.5 cm³/mol. The molecule has 2 rings (SSSR count). The SMILES string of the molecule is N#CC1(NC(=O)CSc2cc(N)ccc2Cl)CCCC1. The van der Waals surface area contributed by atoms with Crippen LogP contribution in [0.25, 0.3) is 0 Å². The van der Waals surface area contributed by atoms with Gasteiger partial charge in [0.2, 0.25) is 5.91 Å². The van der Waals surface area contributed by atoms with Crippen LogP contribution in [0.2, 0.25) is 5.02 Å². The largest absolute Gasteiger partial charge is 0.399 e. The highest BCUT2D eigenvalue weighted by Gasteiger charge is 2.35. The van der Waals surface area contributed by atoms with Gasteiger partial charge >= 0.3 is 0 Å². The molecule has 1 fully saturated rings. The lowest BCUT2D eigenvalue weighted by molar-refractivity contribution is -0.119. The van der Waals surface area contributed by atoms with Gasteiger partial charge in [-0.1, -0.05) is 11.6 Å². The number of nitrogens with one attached hydrogen (secondary N) is 1. The summed E-state index contributed by atoms with van der Waals surface area (Å²) in [6.45, 7) is 0. The third-order valence-corrected chi connectivity index (χ3v) is 4.86. The molecule has 6 heteroatoms. The molecule has 0 unspecified atom stereocenters. The van der Waals surface area contributed by atoms with Crippen LogP contribution in [-0.4, -0.2) is 17.2 Å². The maximum absolute atomic E-state index is 12.0. The van der Waals surface area contributed by atoms with Gasteiger partial charge in [0.05, 0.1) is 16.8 Å². The number of nitriles is 1. The van der Waals surface area contributed by atoms with E-state index in [1.54, 1.807) is 18.2 Å². The van der Waals surface area contributed by atoms with Crippen LogP contribution < -0.4 is 11.1 Å². The standard InChI is InChI=1S/C14H16ClN3OS/c15-11-4-3-10(17)7-12(11)20-8-13(19)18-14(9-16)5-1-2-6-14/h3-4,7H,1-2,5-6,8,17H2,(H,18,19). The fraction of sp³-hybridized carbons (Fsp3) is 0.429. The molecule has 20 heavy (non-hydrogen) atoms. The second-order valence-corrected chi connectivity index (χ2v) is 6.35. The molecule has 0 aromatic heterocycles. The molecular weight excluding hydrogens is 294 g/mol. The summed E-state index contributed by atoms with van der Waals surface area (Å²) in [5.74, 6) is 0.0871. The van der Waals surface area contributed by atoms with E-state index in [9.17, 15) is 10.1 Å². The van der Waals surface area contributed by atoms with Crippen molar-refractivity contribution in [1.29, 1.82) is 5.26 Å². The molecule has 106 valence electrons. The number of benzene rings is 1. The zero-order chi connectivity index (χ0) is 14.6. The zero-order valence-corrected chi connectivity index (χ0v) is 12.6. The molecule has 0 aliphatic heterocycles.